The first kappa shape index (κ1) is 23.1. The average molecular weight is 464 g/mol. The lowest BCUT2D eigenvalue weighted by Gasteiger charge is -2.20. The number of imidazole rings is 1. The smallest absolute Gasteiger partial charge is 0.270 e. The predicted molar refractivity (Wildman–Crippen MR) is 142 cm³/mol. The summed E-state index contributed by atoms with van der Waals surface area (Å²) in [6, 6.07) is 27.1. The minimum absolute atomic E-state index is 0.0110. The van der Waals surface area contributed by atoms with Gasteiger partial charge in [-0.2, -0.15) is 0 Å². The zero-order valence-electron chi connectivity index (χ0n) is 20.6. The lowest BCUT2D eigenvalue weighted by atomic mass is 9.99. The summed E-state index contributed by atoms with van der Waals surface area (Å²) >= 11 is 0. The molecule has 1 aliphatic carbocycles. The minimum Gasteiger partial charge on any atom is -0.344 e. The van der Waals surface area contributed by atoms with Crippen LogP contribution in [0.2, 0.25) is 0 Å². The van der Waals surface area contributed by atoms with Gasteiger partial charge in [-0.3, -0.25) is 4.79 Å². The molecule has 3 aromatic carbocycles. The molecule has 1 unspecified atom stereocenters. The van der Waals surface area contributed by atoms with Gasteiger partial charge in [-0.1, -0.05) is 92.2 Å². The van der Waals surface area contributed by atoms with Crippen LogP contribution in [0.3, 0.4) is 0 Å². The van der Waals surface area contributed by atoms with Gasteiger partial charge in [0.05, 0.1) is 6.04 Å². The van der Waals surface area contributed by atoms with E-state index in [0.29, 0.717) is 12.2 Å². The molecule has 0 spiro atoms. The molecule has 0 saturated carbocycles. The highest BCUT2D eigenvalue weighted by Crippen LogP contribution is 2.32. The molecule has 0 saturated heterocycles. The van der Waals surface area contributed by atoms with Crippen LogP contribution < -0.4 is 5.32 Å². The molecule has 0 radical (unpaired) electrons. The van der Waals surface area contributed by atoms with Gasteiger partial charge in [0, 0.05) is 17.7 Å². The van der Waals surface area contributed by atoms with Gasteiger partial charge in [0.15, 0.2) is 0 Å². The number of fused-ring (bicyclic) bond motifs is 1. The van der Waals surface area contributed by atoms with Crippen LogP contribution in [0.4, 0.5) is 0 Å². The molecule has 1 amide bonds. The van der Waals surface area contributed by atoms with Crippen molar-refractivity contribution >= 4 is 5.91 Å². The Morgan fingerprint density at radius 3 is 2.40 bits per heavy atom. The van der Waals surface area contributed by atoms with Gasteiger partial charge in [-0.15, -0.1) is 0 Å². The molecule has 178 valence electrons. The molecular weight excluding hydrogens is 430 g/mol. The first-order valence-electron chi connectivity index (χ1n) is 12.8. The van der Waals surface area contributed by atoms with E-state index in [-0.39, 0.29) is 11.9 Å². The third-order valence-electron chi connectivity index (χ3n) is 7.09. The monoisotopic (exact) mass is 463 g/mol. The van der Waals surface area contributed by atoms with Crippen molar-refractivity contribution in [2.75, 3.05) is 0 Å². The Hall–Kier alpha value is -3.66. The number of benzene rings is 3. The fraction of sp³-hybridized carbons (Fsp3) is 0.290. The number of aryl methyl sites for hydroxylation is 2. The van der Waals surface area contributed by atoms with Crippen molar-refractivity contribution in [3.8, 4) is 22.6 Å². The Morgan fingerprint density at radius 2 is 1.66 bits per heavy atom. The van der Waals surface area contributed by atoms with Crippen LogP contribution in [0.1, 0.15) is 66.3 Å². The van der Waals surface area contributed by atoms with Crippen molar-refractivity contribution in [1.29, 1.82) is 0 Å². The van der Waals surface area contributed by atoms with E-state index in [1.54, 1.807) is 0 Å². The van der Waals surface area contributed by atoms with E-state index in [1.807, 2.05) is 18.2 Å². The van der Waals surface area contributed by atoms with Crippen molar-refractivity contribution in [3.05, 3.63) is 101 Å². The lowest BCUT2D eigenvalue weighted by molar-refractivity contribution is 0.0926. The van der Waals surface area contributed by atoms with Crippen LogP contribution in [-0.2, 0) is 19.4 Å². The van der Waals surface area contributed by atoms with Gasteiger partial charge >= 0.3 is 0 Å². The summed E-state index contributed by atoms with van der Waals surface area (Å²) in [5.74, 6) is 0.770. The number of hydrogen-bond acceptors (Lipinski definition) is 2. The normalized spacial score (nSPS) is 15.3. The maximum absolute atomic E-state index is 14.0. The average Bonchev–Trinajstić information content (AvgIpc) is 3.19. The standard InChI is InChI=1S/C31H33N3O/c1-3-22-18-20-24(21-19-22)28-29(34(4-2)30(33-28)25-14-6-5-7-15-25)31(35)32-27-17-11-9-13-23-12-8-10-16-26(23)27/h5-8,10,12,14-16,18-21,27H,3-4,9,11,13,17H2,1-2H3,(H,32,35). The summed E-state index contributed by atoms with van der Waals surface area (Å²) in [6.45, 7) is 4.89. The largest absolute Gasteiger partial charge is 0.344 e. The maximum atomic E-state index is 14.0. The summed E-state index contributed by atoms with van der Waals surface area (Å²) in [5.41, 5.74) is 7.23. The molecule has 4 heteroatoms. The molecule has 0 aliphatic heterocycles. The number of aromatic nitrogens is 2. The third kappa shape index (κ3) is 4.66. The van der Waals surface area contributed by atoms with Gasteiger partial charge in [0.25, 0.3) is 5.91 Å². The van der Waals surface area contributed by atoms with Crippen LogP contribution >= 0.6 is 0 Å². The molecule has 5 rings (SSSR count). The van der Waals surface area contributed by atoms with E-state index < -0.39 is 0 Å². The zero-order valence-corrected chi connectivity index (χ0v) is 20.6. The summed E-state index contributed by atoms with van der Waals surface area (Å²) in [4.78, 5) is 19.1. The molecule has 1 N–H and O–H groups in total. The van der Waals surface area contributed by atoms with Crippen LogP contribution in [0.25, 0.3) is 22.6 Å². The SMILES string of the molecule is CCc1ccc(-c2nc(-c3ccccc3)n(CC)c2C(=O)NC2CCCCc3ccccc32)cc1. The highest BCUT2D eigenvalue weighted by molar-refractivity contribution is 6.00. The number of amides is 1. The minimum atomic E-state index is -0.0576. The summed E-state index contributed by atoms with van der Waals surface area (Å²) < 4.78 is 2.07. The number of rotatable bonds is 6. The number of nitrogens with zero attached hydrogens (tertiary/aromatic N) is 2. The topological polar surface area (TPSA) is 46.9 Å². The molecule has 1 aliphatic rings. The Bertz CT molecular complexity index is 1310. The quantitative estimate of drug-likeness (QED) is 0.313. The highest BCUT2D eigenvalue weighted by atomic mass is 16.2. The molecule has 1 aromatic heterocycles. The van der Waals surface area contributed by atoms with Crippen LogP contribution in [0.15, 0.2) is 78.9 Å². The first-order chi connectivity index (χ1) is 17.2. The van der Waals surface area contributed by atoms with Gasteiger partial charge < -0.3 is 9.88 Å². The molecule has 0 fully saturated rings. The van der Waals surface area contributed by atoms with Crippen molar-refractivity contribution in [2.45, 2.75) is 58.5 Å². The summed E-state index contributed by atoms with van der Waals surface area (Å²) in [7, 11) is 0. The Labute approximate surface area is 208 Å². The second-order valence-corrected chi connectivity index (χ2v) is 9.26. The number of carbonyl (C=O) groups is 1. The number of hydrogen-bond donors (Lipinski definition) is 1. The predicted octanol–water partition coefficient (Wildman–Crippen LogP) is 7.00. The zero-order chi connectivity index (χ0) is 24.2. The Balaban J connectivity index is 1.60. The first-order valence-corrected chi connectivity index (χ1v) is 12.8. The third-order valence-corrected chi connectivity index (χ3v) is 7.09. The van der Waals surface area contributed by atoms with Gasteiger partial charge in [-0.05, 0) is 49.3 Å². The Morgan fingerprint density at radius 1 is 0.914 bits per heavy atom. The van der Waals surface area contributed by atoms with Crippen molar-refractivity contribution in [1.82, 2.24) is 14.9 Å². The van der Waals surface area contributed by atoms with Crippen LogP contribution in [-0.4, -0.2) is 15.5 Å². The van der Waals surface area contributed by atoms with Crippen LogP contribution in [0, 0.1) is 0 Å². The van der Waals surface area contributed by atoms with Crippen molar-refractivity contribution < 1.29 is 4.79 Å². The maximum Gasteiger partial charge on any atom is 0.270 e. The fourth-order valence-corrected chi connectivity index (χ4v) is 5.20. The van der Waals surface area contributed by atoms with Gasteiger partial charge in [0.2, 0.25) is 0 Å². The highest BCUT2D eigenvalue weighted by Gasteiger charge is 2.27. The summed E-state index contributed by atoms with van der Waals surface area (Å²) in [6.07, 6.45) is 5.27. The van der Waals surface area contributed by atoms with E-state index in [4.69, 9.17) is 4.98 Å². The molecule has 4 nitrogen and oxygen atoms in total. The van der Waals surface area contributed by atoms with E-state index >= 15 is 0 Å². The lowest BCUT2D eigenvalue weighted by Crippen LogP contribution is -2.31. The van der Waals surface area contributed by atoms with E-state index in [0.717, 1.165) is 54.7 Å². The molecule has 35 heavy (non-hydrogen) atoms. The van der Waals surface area contributed by atoms with E-state index in [9.17, 15) is 4.79 Å². The Kier molecular flexibility index (Phi) is 6.80. The fourth-order valence-electron chi connectivity index (χ4n) is 5.20. The second kappa shape index (κ2) is 10.3. The summed E-state index contributed by atoms with van der Waals surface area (Å²) in [5, 5.41) is 3.40. The van der Waals surface area contributed by atoms with E-state index in [2.05, 4.69) is 84.4 Å². The van der Waals surface area contributed by atoms with Crippen molar-refractivity contribution in [3.63, 3.8) is 0 Å². The van der Waals surface area contributed by atoms with Crippen molar-refractivity contribution in [2.24, 2.45) is 0 Å². The number of carbonyl (C=O) groups excluding carboxylic acids is 1. The molecule has 1 atom stereocenters. The molecular formula is C31H33N3O. The van der Waals surface area contributed by atoms with Gasteiger partial charge in [-0.25, -0.2) is 4.98 Å². The molecule has 1 heterocycles. The van der Waals surface area contributed by atoms with Gasteiger partial charge in [0.1, 0.15) is 17.2 Å². The molecule has 0 bridgehead atoms. The van der Waals surface area contributed by atoms with E-state index in [1.165, 1.54) is 16.7 Å². The molecule has 4 aromatic rings. The second-order valence-electron chi connectivity index (χ2n) is 9.26. The number of nitrogens with one attached hydrogen (secondary N) is 1. The van der Waals surface area contributed by atoms with Crippen LogP contribution in [0.5, 0.6) is 0 Å².